The molecule has 2 aromatic rings. The molecule has 172 valence electrons. The molecule has 2 N–H and O–H groups in total. The van der Waals surface area contributed by atoms with Crippen molar-refractivity contribution in [2.45, 2.75) is 32.7 Å². The molecule has 0 radical (unpaired) electrons. The lowest BCUT2D eigenvalue weighted by Gasteiger charge is -2.25. The topological polar surface area (TPSA) is 88.1 Å². The summed E-state index contributed by atoms with van der Waals surface area (Å²) in [5.41, 5.74) is 1.36. The highest BCUT2D eigenvalue weighted by Crippen LogP contribution is 2.32. The third kappa shape index (κ3) is 6.85. The van der Waals surface area contributed by atoms with E-state index in [1.54, 1.807) is 30.3 Å². The average molecular weight is 526 g/mol. The molecule has 9 heteroatoms. The van der Waals surface area contributed by atoms with Crippen LogP contribution in [-0.2, 0) is 16.1 Å². The maximum Gasteiger partial charge on any atom is 0.341 e. The molecular formula is C23H26BrClN2O5. The number of phenolic OH excluding ortho intramolecular Hbond substituents is 1. The van der Waals surface area contributed by atoms with E-state index in [2.05, 4.69) is 26.1 Å². The van der Waals surface area contributed by atoms with Gasteiger partial charge >= 0.3 is 11.9 Å². The van der Waals surface area contributed by atoms with Crippen molar-refractivity contribution >= 4 is 45.2 Å². The molecule has 1 fully saturated rings. The quantitative estimate of drug-likeness (QED) is 0.371. The first kappa shape index (κ1) is 24.4. The third-order valence-corrected chi connectivity index (χ3v) is 5.88. The lowest BCUT2D eigenvalue weighted by atomic mass is 10.1. The van der Waals surface area contributed by atoms with E-state index in [0.29, 0.717) is 17.8 Å². The van der Waals surface area contributed by atoms with Gasteiger partial charge < -0.3 is 19.9 Å². The molecule has 0 atom stereocenters. The van der Waals surface area contributed by atoms with Crippen LogP contribution in [0.15, 0.2) is 34.8 Å². The minimum Gasteiger partial charge on any atom is -0.506 e. The van der Waals surface area contributed by atoms with Crippen molar-refractivity contribution in [1.29, 1.82) is 0 Å². The summed E-state index contributed by atoms with van der Waals surface area (Å²) >= 11 is 9.36. The van der Waals surface area contributed by atoms with Gasteiger partial charge in [-0.25, -0.2) is 4.79 Å². The number of phenols is 1. The summed E-state index contributed by atoms with van der Waals surface area (Å²) in [6, 6.07) is 8.14. The van der Waals surface area contributed by atoms with Gasteiger partial charge in [0.15, 0.2) is 0 Å². The molecule has 0 amide bonds. The number of halogens is 2. The zero-order valence-electron chi connectivity index (χ0n) is 17.8. The van der Waals surface area contributed by atoms with E-state index in [1.165, 1.54) is 26.2 Å². The Labute approximate surface area is 200 Å². The smallest absolute Gasteiger partial charge is 0.341 e. The maximum atomic E-state index is 12.6. The highest BCUT2D eigenvalue weighted by molar-refractivity contribution is 9.10. The van der Waals surface area contributed by atoms with Crippen molar-refractivity contribution in [2.24, 2.45) is 0 Å². The Hall–Kier alpha value is -2.29. The number of ether oxygens (including phenoxy) is 2. The number of anilines is 1. The first-order valence-corrected chi connectivity index (χ1v) is 11.6. The van der Waals surface area contributed by atoms with Crippen LogP contribution in [0.3, 0.4) is 0 Å². The van der Waals surface area contributed by atoms with E-state index >= 15 is 0 Å². The molecule has 3 rings (SSSR count). The minimum absolute atomic E-state index is 0.0171. The summed E-state index contributed by atoms with van der Waals surface area (Å²) in [6.45, 7) is 4.55. The van der Waals surface area contributed by atoms with Crippen molar-refractivity contribution < 1.29 is 24.2 Å². The average Bonchev–Trinajstić information content (AvgIpc) is 2.75. The van der Waals surface area contributed by atoms with Crippen molar-refractivity contribution in [3.05, 3.63) is 51.0 Å². The minimum atomic E-state index is -0.541. The number of hydrogen-bond donors (Lipinski definition) is 2. The van der Waals surface area contributed by atoms with Gasteiger partial charge in [-0.2, -0.15) is 0 Å². The van der Waals surface area contributed by atoms with Gasteiger partial charge in [0.2, 0.25) is 0 Å². The normalized spacial score (nSPS) is 14.1. The number of esters is 2. The number of nitrogens with zero attached hydrogens (tertiary/aromatic N) is 1. The van der Waals surface area contributed by atoms with E-state index < -0.39 is 11.9 Å². The second-order valence-electron chi connectivity index (χ2n) is 7.59. The fraction of sp³-hybridized carbons (Fsp3) is 0.391. The van der Waals surface area contributed by atoms with E-state index in [1.807, 2.05) is 0 Å². The zero-order chi connectivity index (χ0) is 23.1. The molecule has 0 bridgehead atoms. The molecule has 0 aliphatic carbocycles. The summed E-state index contributed by atoms with van der Waals surface area (Å²) in [7, 11) is 0. The van der Waals surface area contributed by atoms with Crippen LogP contribution in [0.2, 0.25) is 5.02 Å². The third-order valence-electron chi connectivity index (χ3n) is 5.13. The Kier molecular flexibility index (Phi) is 8.78. The van der Waals surface area contributed by atoms with Crippen molar-refractivity contribution in [2.75, 3.05) is 31.6 Å². The largest absolute Gasteiger partial charge is 0.506 e. The van der Waals surface area contributed by atoms with Crippen LogP contribution in [-0.4, -0.2) is 48.2 Å². The van der Waals surface area contributed by atoms with Crippen molar-refractivity contribution in [1.82, 2.24) is 4.90 Å². The number of hydrogen-bond acceptors (Lipinski definition) is 7. The number of carbonyl (C=O) groups is 2. The molecule has 1 saturated heterocycles. The second-order valence-corrected chi connectivity index (χ2v) is 8.91. The first-order chi connectivity index (χ1) is 15.3. The van der Waals surface area contributed by atoms with Gasteiger partial charge in [0, 0.05) is 41.8 Å². The van der Waals surface area contributed by atoms with Crippen LogP contribution in [0.5, 0.6) is 11.5 Å². The number of piperidine rings is 1. The Morgan fingerprint density at radius 3 is 2.66 bits per heavy atom. The SMILES string of the molecule is CC(=O)Oc1cc(NCc2cc(Br)cc(Cl)c2O)ccc1C(=O)OCCN1CCCCC1. The predicted octanol–water partition coefficient (Wildman–Crippen LogP) is 4.99. The van der Waals surface area contributed by atoms with Crippen molar-refractivity contribution in [3.8, 4) is 11.5 Å². The maximum absolute atomic E-state index is 12.6. The second kappa shape index (κ2) is 11.5. The van der Waals surface area contributed by atoms with Crippen LogP contribution in [0.1, 0.15) is 42.1 Å². The highest BCUT2D eigenvalue weighted by atomic mass is 79.9. The molecule has 1 heterocycles. The fourth-order valence-electron chi connectivity index (χ4n) is 3.52. The summed E-state index contributed by atoms with van der Waals surface area (Å²) < 4.78 is 11.4. The van der Waals surface area contributed by atoms with Crippen LogP contribution < -0.4 is 10.1 Å². The number of aromatic hydroxyl groups is 1. The number of carbonyl (C=O) groups excluding carboxylic acids is 2. The Balaban J connectivity index is 1.66. The van der Waals surface area contributed by atoms with Crippen LogP contribution in [0, 0.1) is 0 Å². The summed E-state index contributed by atoms with van der Waals surface area (Å²) in [5.74, 6) is -0.986. The lowest BCUT2D eigenvalue weighted by Crippen LogP contribution is -2.33. The fourth-order valence-corrected chi connectivity index (χ4v) is 4.40. The van der Waals surface area contributed by atoms with E-state index in [0.717, 1.165) is 17.6 Å². The van der Waals surface area contributed by atoms with Crippen LogP contribution >= 0.6 is 27.5 Å². The molecule has 2 aromatic carbocycles. The van der Waals surface area contributed by atoms with E-state index in [-0.39, 0.29) is 35.2 Å². The Bertz CT molecular complexity index is 979. The first-order valence-electron chi connectivity index (χ1n) is 10.5. The van der Waals surface area contributed by atoms with Gasteiger partial charge in [-0.1, -0.05) is 34.0 Å². The van der Waals surface area contributed by atoms with Gasteiger partial charge in [0.25, 0.3) is 0 Å². The Morgan fingerprint density at radius 1 is 1.19 bits per heavy atom. The standard InChI is InChI=1S/C23H26BrClN2O5/c1-15(28)32-21-13-18(26-14-16-11-17(24)12-20(25)22(16)29)5-6-19(21)23(30)31-10-9-27-7-3-2-4-8-27/h5-6,11-13,26,29H,2-4,7-10,14H2,1H3. The predicted molar refractivity (Wildman–Crippen MR) is 126 cm³/mol. The molecule has 0 spiro atoms. The molecule has 32 heavy (non-hydrogen) atoms. The Morgan fingerprint density at radius 2 is 1.94 bits per heavy atom. The molecule has 0 unspecified atom stereocenters. The highest BCUT2D eigenvalue weighted by Gasteiger charge is 2.18. The van der Waals surface area contributed by atoms with Gasteiger partial charge in [-0.3, -0.25) is 9.69 Å². The number of likely N-dealkylation sites (tertiary alicyclic amines) is 1. The van der Waals surface area contributed by atoms with E-state index in [4.69, 9.17) is 21.1 Å². The van der Waals surface area contributed by atoms with Gasteiger partial charge in [0.1, 0.15) is 23.7 Å². The van der Waals surface area contributed by atoms with Crippen LogP contribution in [0.4, 0.5) is 5.69 Å². The van der Waals surface area contributed by atoms with Gasteiger partial charge in [-0.15, -0.1) is 0 Å². The molecule has 1 aliphatic rings. The van der Waals surface area contributed by atoms with Crippen LogP contribution in [0.25, 0.3) is 0 Å². The molecule has 0 aromatic heterocycles. The summed E-state index contributed by atoms with van der Waals surface area (Å²) in [4.78, 5) is 26.4. The molecule has 0 saturated carbocycles. The number of rotatable bonds is 8. The number of benzene rings is 2. The lowest BCUT2D eigenvalue weighted by molar-refractivity contribution is -0.131. The monoisotopic (exact) mass is 524 g/mol. The summed E-state index contributed by atoms with van der Waals surface area (Å²) in [5, 5.41) is 13.5. The summed E-state index contributed by atoms with van der Waals surface area (Å²) in [6.07, 6.45) is 3.59. The zero-order valence-corrected chi connectivity index (χ0v) is 20.2. The van der Waals surface area contributed by atoms with Gasteiger partial charge in [-0.05, 0) is 50.2 Å². The number of nitrogens with one attached hydrogen (secondary N) is 1. The van der Waals surface area contributed by atoms with E-state index in [9.17, 15) is 14.7 Å². The molecule has 7 nitrogen and oxygen atoms in total. The molecule has 1 aliphatic heterocycles. The molecular weight excluding hydrogens is 500 g/mol. The van der Waals surface area contributed by atoms with Crippen molar-refractivity contribution in [3.63, 3.8) is 0 Å². The van der Waals surface area contributed by atoms with Gasteiger partial charge in [0.05, 0.1) is 5.02 Å².